The maximum Gasteiger partial charge on any atom is 0.355 e. The second-order valence-corrected chi connectivity index (χ2v) is 5.27. The summed E-state index contributed by atoms with van der Waals surface area (Å²) in [5, 5.41) is 16.1. The predicted molar refractivity (Wildman–Crippen MR) is 72.2 cm³/mol. The first-order valence-electron chi connectivity index (χ1n) is 5.55. The number of aromatic nitrogens is 1. The summed E-state index contributed by atoms with van der Waals surface area (Å²) < 4.78 is 0. The van der Waals surface area contributed by atoms with Gasteiger partial charge < -0.3 is 15.7 Å². The summed E-state index contributed by atoms with van der Waals surface area (Å²) in [6.45, 7) is 3.79. The van der Waals surface area contributed by atoms with Gasteiger partial charge in [-0.1, -0.05) is 5.92 Å². The van der Waals surface area contributed by atoms with Crippen LogP contribution in [-0.4, -0.2) is 34.2 Å². The molecule has 6 nitrogen and oxygen atoms in total. The van der Waals surface area contributed by atoms with E-state index in [1.54, 1.807) is 13.8 Å². The molecule has 2 amide bonds. The van der Waals surface area contributed by atoms with Crippen molar-refractivity contribution in [3.63, 3.8) is 0 Å². The molecule has 0 aromatic carbocycles. The lowest BCUT2D eigenvalue weighted by Gasteiger charge is -2.19. The quantitative estimate of drug-likeness (QED) is 0.705. The van der Waals surface area contributed by atoms with Gasteiger partial charge >= 0.3 is 12.0 Å². The molecule has 0 saturated carbocycles. The molecule has 0 aliphatic rings. The molecule has 1 rings (SSSR count). The third-order valence-electron chi connectivity index (χ3n) is 2.18. The highest BCUT2D eigenvalue weighted by molar-refractivity contribution is 7.09. The summed E-state index contributed by atoms with van der Waals surface area (Å²) in [7, 11) is 0. The SMILES string of the molecule is C#CC(C)(C)NC(=O)NCCc1nc(C(=O)O)cs1. The number of hydrogen-bond donors (Lipinski definition) is 3. The zero-order valence-electron chi connectivity index (χ0n) is 10.7. The largest absolute Gasteiger partial charge is 0.476 e. The van der Waals surface area contributed by atoms with Gasteiger partial charge in [-0.15, -0.1) is 17.8 Å². The highest BCUT2D eigenvalue weighted by Crippen LogP contribution is 2.09. The molecule has 1 aromatic rings. The van der Waals surface area contributed by atoms with Gasteiger partial charge in [0.25, 0.3) is 0 Å². The van der Waals surface area contributed by atoms with Crippen LogP contribution in [0.1, 0.15) is 29.3 Å². The predicted octanol–water partition coefficient (Wildman–Crippen LogP) is 1.09. The number of urea groups is 1. The van der Waals surface area contributed by atoms with Gasteiger partial charge in [0.2, 0.25) is 0 Å². The summed E-state index contributed by atoms with van der Waals surface area (Å²) in [4.78, 5) is 26.0. The standard InChI is InChI=1S/C12H15N3O3S/c1-4-12(2,3)15-11(18)13-6-5-9-14-8(7-19-9)10(16)17/h1,7H,5-6H2,2-3H3,(H,16,17)(H2,13,15,18). The molecule has 1 aromatic heterocycles. The topological polar surface area (TPSA) is 91.3 Å². The molecule has 0 bridgehead atoms. The van der Waals surface area contributed by atoms with Gasteiger partial charge in [0.05, 0.1) is 10.5 Å². The highest BCUT2D eigenvalue weighted by Gasteiger charge is 2.16. The van der Waals surface area contributed by atoms with Gasteiger partial charge in [-0.2, -0.15) is 0 Å². The number of rotatable bonds is 5. The number of amides is 2. The molecule has 102 valence electrons. The van der Waals surface area contributed by atoms with Crippen LogP contribution in [0, 0.1) is 12.3 Å². The van der Waals surface area contributed by atoms with Crippen molar-refractivity contribution in [3.05, 3.63) is 16.1 Å². The van der Waals surface area contributed by atoms with Crippen molar-refractivity contribution in [3.8, 4) is 12.3 Å². The van der Waals surface area contributed by atoms with E-state index in [1.807, 2.05) is 0 Å². The lowest BCUT2D eigenvalue weighted by molar-refractivity contribution is 0.0691. The van der Waals surface area contributed by atoms with Gasteiger partial charge in [-0.25, -0.2) is 14.6 Å². The number of terminal acetylenes is 1. The third-order valence-corrected chi connectivity index (χ3v) is 3.09. The van der Waals surface area contributed by atoms with Crippen LogP contribution < -0.4 is 10.6 Å². The van der Waals surface area contributed by atoms with Crippen LogP contribution in [-0.2, 0) is 6.42 Å². The summed E-state index contributed by atoms with van der Waals surface area (Å²) in [6.07, 6.45) is 5.72. The Morgan fingerprint density at radius 3 is 2.79 bits per heavy atom. The number of carbonyl (C=O) groups is 2. The van der Waals surface area contributed by atoms with E-state index in [0.717, 1.165) is 0 Å². The molecule has 0 aliphatic heterocycles. The summed E-state index contributed by atoms with van der Waals surface area (Å²) in [6, 6.07) is -0.363. The number of hydrogen-bond acceptors (Lipinski definition) is 4. The van der Waals surface area contributed by atoms with E-state index in [1.165, 1.54) is 16.7 Å². The Morgan fingerprint density at radius 1 is 1.58 bits per heavy atom. The fraction of sp³-hybridized carbons (Fsp3) is 0.417. The number of nitrogens with one attached hydrogen (secondary N) is 2. The molecule has 0 saturated heterocycles. The molecular formula is C12H15N3O3S. The summed E-state index contributed by atoms with van der Waals surface area (Å²) in [5.74, 6) is 1.40. The minimum atomic E-state index is -1.05. The van der Waals surface area contributed by atoms with Gasteiger partial charge in [0.1, 0.15) is 0 Å². The van der Waals surface area contributed by atoms with Crippen LogP contribution >= 0.6 is 11.3 Å². The number of aromatic carboxylic acids is 1. The van der Waals surface area contributed by atoms with Crippen molar-refractivity contribution in [2.24, 2.45) is 0 Å². The molecule has 0 atom stereocenters. The van der Waals surface area contributed by atoms with Crippen LogP contribution in [0.3, 0.4) is 0 Å². The lowest BCUT2D eigenvalue weighted by Crippen LogP contribution is -2.47. The van der Waals surface area contributed by atoms with Crippen LogP contribution in [0.4, 0.5) is 4.79 Å². The average molecular weight is 281 g/mol. The zero-order chi connectivity index (χ0) is 14.5. The van der Waals surface area contributed by atoms with Crippen molar-refractivity contribution in [1.82, 2.24) is 15.6 Å². The van der Waals surface area contributed by atoms with E-state index < -0.39 is 11.5 Å². The van der Waals surface area contributed by atoms with Crippen molar-refractivity contribution in [1.29, 1.82) is 0 Å². The first-order chi connectivity index (χ1) is 8.84. The molecule has 0 spiro atoms. The monoisotopic (exact) mass is 281 g/mol. The summed E-state index contributed by atoms with van der Waals surface area (Å²) >= 11 is 1.25. The molecule has 7 heteroatoms. The number of carboxylic acid groups (broad SMARTS) is 1. The number of carboxylic acids is 1. The van der Waals surface area contributed by atoms with Crippen molar-refractivity contribution in [2.75, 3.05) is 6.54 Å². The first-order valence-corrected chi connectivity index (χ1v) is 6.43. The summed E-state index contributed by atoms with van der Waals surface area (Å²) in [5.41, 5.74) is -0.681. The van der Waals surface area contributed by atoms with E-state index >= 15 is 0 Å². The van der Waals surface area contributed by atoms with E-state index in [0.29, 0.717) is 18.0 Å². The number of nitrogens with zero attached hydrogens (tertiary/aromatic N) is 1. The smallest absolute Gasteiger partial charge is 0.355 e. The Balaban J connectivity index is 2.36. The van der Waals surface area contributed by atoms with Gasteiger partial charge in [-0.3, -0.25) is 0 Å². The van der Waals surface area contributed by atoms with Gasteiger partial charge in [0.15, 0.2) is 5.69 Å². The average Bonchev–Trinajstić information content (AvgIpc) is 2.77. The molecule has 0 aliphatic carbocycles. The second-order valence-electron chi connectivity index (χ2n) is 4.33. The maximum absolute atomic E-state index is 11.5. The Morgan fingerprint density at radius 2 is 2.26 bits per heavy atom. The van der Waals surface area contributed by atoms with Crippen molar-refractivity contribution < 1.29 is 14.7 Å². The van der Waals surface area contributed by atoms with Gasteiger partial charge in [-0.05, 0) is 13.8 Å². The minimum absolute atomic E-state index is 0.0258. The highest BCUT2D eigenvalue weighted by atomic mass is 32.1. The van der Waals surface area contributed by atoms with Gasteiger partial charge in [0, 0.05) is 18.3 Å². The van der Waals surface area contributed by atoms with E-state index in [-0.39, 0.29) is 11.7 Å². The Labute approximate surface area is 115 Å². The number of thiazole rings is 1. The Kier molecular flexibility index (Phi) is 4.89. The molecule has 0 radical (unpaired) electrons. The third kappa shape index (κ3) is 4.97. The van der Waals surface area contributed by atoms with Crippen LogP contribution in [0.15, 0.2) is 5.38 Å². The normalized spacial score (nSPS) is 10.6. The van der Waals surface area contributed by atoms with Crippen molar-refractivity contribution >= 4 is 23.3 Å². The lowest BCUT2D eigenvalue weighted by atomic mass is 10.1. The minimum Gasteiger partial charge on any atom is -0.476 e. The molecule has 0 unspecified atom stereocenters. The Hall–Kier alpha value is -2.07. The Bertz CT molecular complexity index is 517. The molecular weight excluding hydrogens is 266 g/mol. The van der Waals surface area contributed by atoms with Crippen LogP contribution in [0.5, 0.6) is 0 Å². The van der Waals surface area contributed by atoms with E-state index in [9.17, 15) is 9.59 Å². The zero-order valence-corrected chi connectivity index (χ0v) is 11.5. The molecule has 19 heavy (non-hydrogen) atoms. The van der Waals surface area contributed by atoms with E-state index in [2.05, 4.69) is 21.5 Å². The van der Waals surface area contributed by atoms with Crippen LogP contribution in [0.2, 0.25) is 0 Å². The van der Waals surface area contributed by atoms with Crippen LogP contribution in [0.25, 0.3) is 0 Å². The fourth-order valence-electron chi connectivity index (χ4n) is 1.17. The van der Waals surface area contributed by atoms with E-state index in [4.69, 9.17) is 11.5 Å². The second kappa shape index (κ2) is 6.20. The molecule has 0 fully saturated rings. The number of carbonyl (C=O) groups excluding carboxylic acids is 1. The first kappa shape index (κ1) is 15.0. The van der Waals surface area contributed by atoms with Crippen molar-refractivity contribution in [2.45, 2.75) is 25.8 Å². The maximum atomic E-state index is 11.5. The fourth-order valence-corrected chi connectivity index (χ4v) is 1.94. The molecule has 1 heterocycles. The molecule has 3 N–H and O–H groups in total.